The van der Waals surface area contributed by atoms with E-state index in [1.807, 2.05) is 19.1 Å². The van der Waals surface area contributed by atoms with Gasteiger partial charge in [-0.25, -0.2) is 4.99 Å². The molecular formula is C15H21ClIN3O2. The minimum absolute atomic E-state index is 0. The fraction of sp³-hybridized carbons (Fsp3) is 0.533. The van der Waals surface area contributed by atoms with Crippen molar-refractivity contribution < 1.29 is 9.47 Å². The molecule has 0 amide bonds. The van der Waals surface area contributed by atoms with E-state index < -0.39 is 0 Å². The van der Waals surface area contributed by atoms with Gasteiger partial charge in [-0.05, 0) is 24.6 Å². The number of nitrogens with zero attached hydrogens (tertiary/aromatic N) is 2. The van der Waals surface area contributed by atoms with E-state index in [2.05, 4.69) is 9.89 Å². The Kier molecular flexibility index (Phi) is 6.17. The summed E-state index contributed by atoms with van der Waals surface area (Å²) in [7, 11) is 0. The van der Waals surface area contributed by atoms with Crippen molar-refractivity contribution >= 4 is 41.5 Å². The van der Waals surface area contributed by atoms with Gasteiger partial charge in [0.2, 0.25) is 0 Å². The number of benzene rings is 1. The lowest BCUT2D eigenvalue weighted by Gasteiger charge is -2.31. The zero-order valence-electron chi connectivity index (χ0n) is 12.5. The Morgan fingerprint density at radius 3 is 3.05 bits per heavy atom. The van der Waals surface area contributed by atoms with Crippen LogP contribution in [0, 0.1) is 0 Å². The van der Waals surface area contributed by atoms with Crippen LogP contribution in [0.5, 0.6) is 5.75 Å². The molecule has 0 aromatic heterocycles. The first kappa shape index (κ1) is 17.6. The average molecular weight is 438 g/mol. The van der Waals surface area contributed by atoms with Gasteiger partial charge >= 0.3 is 0 Å². The predicted molar refractivity (Wildman–Crippen MR) is 98.4 cm³/mol. The molecule has 0 spiro atoms. The van der Waals surface area contributed by atoms with Crippen LogP contribution in [0.3, 0.4) is 0 Å². The summed E-state index contributed by atoms with van der Waals surface area (Å²) in [4.78, 5) is 6.55. The first-order valence-corrected chi connectivity index (χ1v) is 7.62. The summed E-state index contributed by atoms with van der Waals surface area (Å²) in [5.74, 6) is 1.48. The molecule has 1 saturated heterocycles. The van der Waals surface area contributed by atoms with Gasteiger partial charge in [0, 0.05) is 30.1 Å². The zero-order valence-corrected chi connectivity index (χ0v) is 15.6. The molecule has 2 aliphatic rings. The number of ether oxygens (including phenoxy) is 2. The van der Waals surface area contributed by atoms with Gasteiger partial charge in [-0.1, -0.05) is 11.6 Å². The van der Waals surface area contributed by atoms with Gasteiger partial charge in [-0.15, -0.1) is 24.0 Å². The Balaban J connectivity index is 0.00000176. The fourth-order valence-electron chi connectivity index (χ4n) is 2.76. The number of nitrogens with two attached hydrogens (primary N) is 1. The summed E-state index contributed by atoms with van der Waals surface area (Å²) in [6, 6.07) is 3.87. The summed E-state index contributed by atoms with van der Waals surface area (Å²) in [5.41, 5.74) is 8.25. The molecule has 3 rings (SSSR count). The summed E-state index contributed by atoms with van der Waals surface area (Å²) < 4.78 is 11.2. The van der Waals surface area contributed by atoms with Gasteiger partial charge < -0.3 is 20.1 Å². The third kappa shape index (κ3) is 3.97. The van der Waals surface area contributed by atoms with E-state index >= 15 is 0 Å². The van der Waals surface area contributed by atoms with E-state index in [1.165, 1.54) is 0 Å². The summed E-state index contributed by atoms with van der Waals surface area (Å²) in [6.45, 7) is 5.48. The lowest BCUT2D eigenvalue weighted by Crippen LogP contribution is -2.47. The van der Waals surface area contributed by atoms with Crippen molar-refractivity contribution in [2.24, 2.45) is 10.7 Å². The number of hydrogen-bond acceptors (Lipinski definition) is 3. The summed E-state index contributed by atoms with van der Waals surface area (Å²) >= 11 is 6.15. The molecule has 2 heterocycles. The van der Waals surface area contributed by atoms with Crippen molar-refractivity contribution in [2.45, 2.75) is 26.0 Å². The third-order valence-corrected chi connectivity index (χ3v) is 4.02. The minimum atomic E-state index is 0. The second-order valence-corrected chi connectivity index (χ2v) is 5.89. The number of guanidine groups is 1. The van der Waals surface area contributed by atoms with Crippen molar-refractivity contribution in [1.29, 1.82) is 0 Å². The molecule has 5 nitrogen and oxygen atoms in total. The second kappa shape index (κ2) is 7.70. The first-order chi connectivity index (χ1) is 10.1. The zero-order chi connectivity index (χ0) is 14.8. The molecule has 2 aliphatic heterocycles. The smallest absolute Gasteiger partial charge is 0.191 e. The van der Waals surface area contributed by atoms with Crippen LogP contribution >= 0.6 is 35.6 Å². The number of aliphatic imine (C=N–C) groups is 1. The summed E-state index contributed by atoms with van der Waals surface area (Å²) in [6.07, 6.45) is 1.09. The SMILES string of the molecule is CC1CN(C(N)=NCc2cc(Cl)cc3c2OCC3)CCO1.I. The molecule has 1 fully saturated rings. The van der Waals surface area contributed by atoms with Crippen molar-refractivity contribution in [1.82, 2.24) is 4.90 Å². The number of fused-ring (bicyclic) bond motifs is 1. The number of rotatable bonds is 2. The lowest BCUT2D eigenvalue weighted by molar-refractivity contribution is 0.00528. The second-order valence-electron chi connectivity index (χ2n) is 5.45. The fourth-order valence-corrected chi connectivity index (χ4v) is 3.02. The quantitative estimate of drug-likeness (QED) is 0.439. The van der Waals surface area contributed by atoms with Gasteiger partial charge in [-0.3, -0.25) is 0 Å². The molecule has 2 N–H and O–H groups in total. The standard InChI is InChI=1S/C15H20ClN3O2.HI/c1-10-9-19(3-5-20-10)15(17)18-8-12-7-13(16)6-11-2-4-21-14(11)12;/h6-7,10H,2-5,8-9H2,1H3,(H2,17,18);1H. The normalized spacial score (nSPS) is 21.1. The number of morpholine rings is 1. The predicted octanol–water partition coefficient (Wildman–Crippen LogP) is 2.43. The van der Waals surface area contributed by atoms with E-state index in [0.29, 0.717) is 25.7 Å². The number of hydrogen-bond donors (Lipinski definition) is 1. The molecule has 0 saturated carbocycles. The number of halogens is 2. The van der Waals surface area contributed by atoms with Crippen LogP contribution in [0.2, 0.25) is 5.02 Å². The largest absolute Gasteiger partial charge is 0.493 e. The highest BCUT2D eigenvalue weighted by Gasteiger charge is 2.20. The molecular weight excluding hydrogens is 417 g/mol. The Hall–Kier alpha value is -0.730. The molecule has 1 unspecified atom stereocenters. The Morgan fingerprint density at radius 1 is 1.45 bits per heavy atom. The third-order valence-electron chi connectivity index (χ3n) is 3.80. The van der Waals surface area contributed by atoms with Crippen molar-refractivity contribution in [2.75, 3.05) is 26.3 Å². The van der Waals surface area contributed by atoms with Crippen LogP contribution in [0.25, 0.3) is 0 Å². The van der Waals surface area contributed by atoms with Crippen LogP contribution in [0.15, 0.2) is 17.1 Å². The monoisotopic (exact) mass is 437 g/mol. The van der Waals surface area contributed by atoms with E-state index in [-0.39, 0.29) is 30.1 Å². The van der Waals surface area contributed by atoms with Crippen LogP contribution in [0.4, 0.5) is 0 Å². The molecule has 22 heavy (non-hydrogen) atoms. The van der Waals surface area contributed by atoms with E-state index in [4.69, 9.17) is 26.8 Å². The molecule has 122 valence electrons. The van der Waals surface area contributed by atoms with Gasteiger partial charge in [0.05, 0.1) is 25.9 Å². The van der Waals surface area contributed by atoms with Crippen LogP contribution < -0.4 is 10.5 Å². The molecule has 7 heteroatoms. The van der Waals surface area contributed by atoms with Gasteiger partial charge in [0.1, 0.15) is 5.75 Å². The minimum Gasteiger partial charge on any atom is -0.493 e. The molecule has 1 atom stereocenters. The van der Waals surface area contributed by atoms with Crippen LogP contribution in [-0.2, 0) is 17.7 Å². The average Bonchev–Trinajstić information content (AvgIpc) is 2.92. The summed E-state index contributed by atoms with van der Waals surface area (Å²) in [5, 5.41) is 0.725. The lowest BCUT2D eigenvalue weighted by atomic mass is 10.1. The molecule has 0 aliphatic carbocycles. The molecule has 1 aromatic carbocycles. The first-order valence-electron chi connectivity index (χ1n) is 7.24. The van der Waals surface area contributed by atoms with Gasteiger partial charge in [0.25, 0.3) is 0 Å². The molecule has 0 radical (unpaired) electrons. The maximum atomic E-state index is 6.15. The maximum absolute atomic E-state index is 6.15. The van der Waals surface area contributed by atoms with Crippen molar-refractivity contribution in [3.05, 3.63) is 28.3 Å². The Bertz CT molecular complexity index is 568. The van der Waals surface area contributed by atoms with Crippen molar-refractivity contribution in [3.8, 4) is 5.75 Å². The Morgan fingerprint density at radius 2 is 2.27 bits per heavy atom. The highest BCUT2D eigenvalue weighted by molar-refractivity contribution is 14.0. The molecule has 1 aromatic rings. The Labute approximate surface area is 152 Å². The van der Waals surface area contributed by atoms with Gasteiger partial charge in [0.15, 0.2) is 5.96 Å². The molecule has 0 bridgehead atoms. The van der Waals surface area contributed by atoms with E-state index in [9.17, 15) is 0 Å². The van der Waals surface area contributed by atoms with Crippen molar-refractivity contribution in [3.63, 3.8) is 0 Å². The highest BCUT2D eigenvalue weighted by atomic mass is 127. The van der Waals surface area contributed by atoms with E-state index in [1.54, 1.807) is 0 Å². The maximum Gasteiger partial charge on any atom is 0.191 e. The van der Waals surface area contributed by atoms with Gasteiger partial charge in [-0.2, -0.15) is 0 Å². The van der Waals surface area contributed by atoms with Crippen LogP contribution in [0.1, 0.15) is 18.1 Å². The highest BCUT2D eigenvalue weighted by Crippen LogP contribution is 2.33. The topological polar surface area (TPSA) is 60.1 Å². The van der Waals surface area contributed by atoms with Crippen LogP contribution in [-0.4, -0.2) is 43.3 Å². The van der Waals surface area contributed by atoms with E-state index in [0.717, 1.165) is 41.4 Å².